The third kappa shape index (κ3) is 4.47. The number of nitrogens with one attached hydrogen (secondary N) is 1. The quantitative estimate of drug-likeness (QED) is 0.833. The van der Waals surface area contributed by atoms with Crippen LogP contribution in [0.1, 0.15) is 52.0 Å². The molecule has 0 bridgehead atoms. The van der Waals surface area contributed by atoms with E-state index < -0.39 is 0 Å². The number of anilines is 1. The first-order chi connectivity index (χ1) is 10.0. The number of hydrogen-bond acceptors (Lipinski definition) is 2. The Kier molecular flexibility index (Phi) is 5.69. The molecule has 2 rings (SSSR count). The normalized spacial score (nSPS) is 23.0. The molecule has 2 heteroatoms. The fourth-order valence-electron chi connectivity index (χ4n) is 3.63. The largest absolute Gasteiger partial charge is 0.384 e. The van der Waals surface area contributed by atoms with Gasteiger partial charge in [-0.05, 0) is 42.2 Å². The van der Waals surface area contributed by atoms with Crippen LogP contribution in [-0.2, 0) is 11.2 Å². The summed E-state index contributed by atoms with van der Waals surface area (Å²) in [5.74, 6) is 0.752. The fraction of sp³-hybridized carbons (Fsp3) is 0.684. The van der Waals surface area contributed by atoms with Crippen molar-refractivity contribution >= 4 is 5.69 Å². The van der Waals surface area contributed by atoms with Gasteiger partial charge in [0.25, 0.3) is 0 Å². The molecular formula is C19H31NO. The van der Waals surface area contributed by atoms with E-state index in [1.54, 1.807) is 7.11 Å². The number of benzene rings is 1. The van der Waals surface area contributed by atoms with Crippen LogP contribution in [0.15, 0.2) is 24.3 Å². The van der Waals surface area contributed by atoms with Crippen molar-refractivity contribution in [1.82, 2.24) is 0 Å². The number of hydrogen-bond donors (Lipinski definition) is 1. The van der Waals surface area contributed by atoms with Gasteiger partial charge in [0.2, 0.25) is 0 Å². The first-order valence-electron chi connectivity index (χ1n) is 8.36. The number of methoxy groups -OCH3 is 1. The van der Waals surface area contributed by atoms with Crippen LogP contribution in [0.2, 0.25) is 0 Å². The molecule has 1 aliphatic carbocycles. The minimum absolute atomic E-state index is 0.375. The van der Waals surface area contributed by atoms with Gasteiger partial charge in [0.15, 0.2) is 0 Å². The summed E-state index contributed by atoms with van der Waals surface area (Å²) >= 11 is 0. The molecule has 0 saturated heterocycles. The van der Waals surface area contributed by atoms with E-state index in [-0.39, 0.29) is 0 Å². The van der Waals surface area contributed by atoms with Crippen LogP contribution >= 0.6 is 0 Å². The van der Waals surface area contributed by atoms with Crippen LogP contribution in [0.5, 0.6) is 0 Å². The second-order valence-electron chi connectivity index (χ2n) is 7.41. The Labute approximate surface area is 130 Å². The van der Waals surface area contributed by atoms with Crippen LogP contribution in [-0.4, -0.2) is 19.8 Å². The van der Waals surface area contributed by atoms with Crippen molar-refractivity contribution < 1.29 is 4.74 Å². The number of para-hydroxylation sites is 1. The van der Waals surface area contributed by atoms with Crippen LogP contribution in [0.3, 0.4) is 0 Å². The van der Waals surface area contributed by atoms with Gasteiger partial charge in [-0.25, -0.2) is 0 Å². The molecular weight excluding hydrogens is 258 g/mol. The highest BCUT2D eigenvalue weighted by Gasteiger charge is 2.34. The average Bonchev–Trinajstić information content (AvgIpc) is 2.46. The monoisotopic (exact) mass is 289 g/mol. The highest BCUT2D eigenvalue weighted by Crippen LogP contribution is 2.39. The van der Waals surface area contributed by atoms with Crippen LogP contribution < -0.4 is 5.32 Å². The Morgan fingerprint density at radius 3 is 2.57 bits per heavy atom. The molecule has 1 saturated carbocycles. The molecule has 2 unspecified atom stereocenters. The molecule has 0 spiro atoms. The summed E-state index contributed by atoms with van der Waals surface area (Å²) < 4.78 is 5.24. The van der Waals surface area contributed by atoms with Gasteiger partial charge >= 0.3 is 0 Å². The van der Waals surface area contributed by atoms with E-state index >= 15 is 0 Å². The van der Waals surface area contributed by atoms with E-state index in [1.807, 2.05) is 0 Å². The molecule has 0 heterocycles. The van der Waals surface area contributed by atoms with Gasteiger partial charge in [0.1, 0.15) is 0 Å². The first kappa shape index (κ1) is 16.4. The maximum Gasteiger partial charge on any atom is 0.0503 e. The van der Waals surface area contributed by atoms with E-state index in [4.69, 9.17) is 4.74 Å². The van der Waals surface area contributed by atoms with Gasteiger partial charge in [-0.15, -0.1) is 0 Å². The third-order valence-electron chi connectivity index (χ3n) is 4.81. The topological polar surface area (TPSA) is 21.3 Å². The lowest BCUT2D eigenvalue weighted by Crippen LogP contribution is -2.40. The summed E-state index contributed by atoms with van der Waals surface area (Å²) in [4.78, 5) is 0. The number of rotatable bonds is 5. The molecule has 2 nitrogen and oxygen atoms in total. The summed E-state index contributed by atoms with van der Waals surface area (Å²) in [6, 6.07) is 9.30. The summed E-state index contributed by atoms with van der Waals surface area (Å²) in [7, 11) is 1.77. The molecule has 0 radical (unpaired) electrons. The SMILES string of the molecule is COCCc1ccccc1NC1CCCCC1C(C)(C)C. The molecule has 0 amide bonds. The van der Waals surface area contributed by atoms with Crippen LogP contribution in [0.25, 0.3) is 0 Å². The predicted molar refractivity (Wildman–Crippen MR) is 90.8 cm³/mol. The second kappa shape index (κ2) is 7.31. The Bertz CT molecular complexity index is 435. The molecule has 1 fully saturated rings. The van der Waals surface area contributed by atoms with E-state index in [1.165, 1.54) is 36.9 Å². The van der Waals surface area contributed by atoms with Crippen LogP contribution in [0.4, 0.5) is 5.69 Å². The maximum atomic E-state index is 5.24. The Morgan fingerprint density at radius 2 is 1.86 bits per heavy atom. The molecule has 1 aromatic carbocycles. The third-order valence-corrected chi connectivity index (χ3v) is 4.81. The smallest absolute Gasteiger partial charge is 0.0503 e. The van der Waals surface area contributed by atoms with Crippen molar-refractivity contribution in [2.24, 2.45) is 11.3 Å². The Morgan fingerprint density at radius 1 is 1.14 bits per heavy atom. The van der Waals surface area contributed by atoms with Gasteiger partial charge in [0, 0.05) is 18.8 Å². The summed E-state index contributed by atoms with van der Waals surface area (Å²) in [6.45, 7) is 7.93. The van der Waals surface area contributed by atoms with Gasteiger partial charge in [-0.2, -0.15) is 0 Å². The highest BCUT2D eigenvalue weighted by molar-refractivity contribution is 5.52. The zero-order valence-corrected chi connectivity index (χ0v) is 14.1. The van der Waals surface area contributed by atoms with Gasteiger partial charge in [-0.1, -0.05) is 51.8 Å². The molecule has 0 aliphatic heterocycles. The van der Waals surface area contributed by atoms with Crippen molar-refractivity contribution in [3.8, 4) is 0 Å². The van der Waals surface area contributed by atoms with Crippen molar-refractivity contribution in [1.29, 1.82) is 0 Å². The van der Waals surface area contributed by atoms with Crippen molar-refractivity contribution in [2.75, 3.05) is 19.0 Å². The summed E-state index contributed by atoms with van der Waals surface area (Å²) in [5.41, 5.74) is 3.05. The Balaban J connectivity index is 2.12. The van der Waals surface area contributed by atoms with Crippen molar-refractivity contribution in [2.45, 2.75) is 58.9 Å². The standard InChI is InChI=1S/C19H31NO/c1-19(2,3)16-10-6-8-12-18(16)20-17-11-7-5-9-15(17)13-14-21-4/h5,7,9,11,16,18,20H,6,8,10,12-14H2,1-4H3. The molecule has 0 aromatic heterocycles. The molecule has 2 atom stereocenters. The van der Waals surface area contributed by atoms with E-state index in [0.29, 0.717) is 11.5 Å². The molecule has 118 valence electrons. The van der Waals surface area contributed by atoms with E-state index in [0.717, 1.165) is 18.9 Å². The average molecular weight is 289 g/mol. The first-order valence-corrected chi connectivity index (χ1v) is 8.36. The summed E-state index contributed by atoms with van der Waals surface area (Å²) in [6.07, 6.45) is 6.35. The van der Waals surface area contributed by atoms with Gasteiger partial charge in [-0.3, -0.25) is 0 Å². The van der Waals surface area contributed by atoms with Crippen molar-refractivity contribution in [3.63, 3.8) is 0 Å². The second-order valence-corrected chi connectivity index (χ2v) is 7.41. The lowest BCUT2D eigenvalue weighted by Gasteiger charge is -2.41. The van der Waals surface area contributed by atoms with Gasteiger partial charge in [0.05, 0.1) is 6.61 Å². The minimum atomic E-state index is 0.375. The zero-order chi connectivity index (χ0) is 15.3. The Hall–Kier alpha value is -1.02. The molecule has 1 N–H and O–H groups in total. The summed E-state index contributed by atoms with van der Waals surface area (Å²) in [5, 5.41) is 3.86. The molecule has 21 heavy (non-hydrogen) atoms. The van der Waals surface area contributed by atoms with Crippen LogP contribution in [0, 0.1) is 11.3 Å². The molecule has 1 aromatic rings. The van der Waals surface area contributed by atoms with Gasteiger partial charge < -0.3 is 10.1 Å². The molecule has 1 aliphatic rings. The lowest BCUT2D eigenvalue weighted by atomic mass is 9.69. The number of ether oxygens (including phenoxy) is 1. The zero-order valence-electron chi connectivity index (χ0n) is 14.1. The minimum Gasteiger partial charge on any atom is -0.384 e. The van der Waals surface area contributed by atoms with Crippen molar-refractivity contribution in [3.05, 3.63) is 29.8 Å². The highest BCUT2D eigenvalue weighted by atomic mass is 16.5. The van der Waals surface area contributed by atoms with E-state index in [9.17, 15) is 0 Å². The predicted octanol–water partition coefficient (Wildman–Crippen LogP) is 4.89. The maximum absolute atomic E-state index is 5.24. The van der Waals surface area contributed by atoms with E-state index in [2.05, 4.69) is 50.4 Å². The fourth-order valence-corrected chi connectivity index (χ4v) is 3.63. The lowest BCUT2D eigenvalue weighted by molar-refractivity contribution is 0.162.